The summed E-state index contributed by atoms with van der Waals surface area (Å²) in [5.74, 6) is -2.16. The van der Waals surface area contributed by atoms with Crippen LogP contribution < -0.4 is 0 Å². The maximum atomic E-state index is 11.6. The first kappa shape index (κ1) is 19.1. The molecular weight excluding hydrogens is 351 g/mol. The molecule has 0 heterocycles. The summed E-state index contributed by atoms with van der Waals surface area (Å²) in [6, 6.07) is 8.81. The van der Waals surface area contributed by atoms with E-state index in [1.807, 2.05) is 0 Å². The summed E-state index contributed by atoms with van der Waals surface area (Å²) < 4.78 is 14.1. The molecule has 1 unspecified atom stereocenters. The molecule has 9 heteroatoms. The van der Waals surface area contributed by atoms with Crippen molar-refractivity contribution in [2.45, 2.75) is 30.6 Å². The summed E-state index contributed by atoms with van der Waals surface area (Å²) in [5, 5.41) is 7.37. The Hall–Kier alpha value is -1.99. The summed E-state index contributed by atoms with van der Waals surface area (Å²) in [6.07, 6.45) is -3.45. The molecule has 0 aromatic heterocycles. The van der Waals surface area contributed by atoms with Crippen molar-refractivity contribution >= 4 is 41.3 Å². The van der Waals surface area contributed by atoms with Gasteiger partial charge in [0.05, 0.1) is 12.8 Å². The third-order valence-corrected chi connectivity index (χ3v) is 2.66. The first-order valence-electron chi connectivity index (χ1n) is 6.43. The van der Waals surface area contributed by atoms with Gasteiger partial charge in [-0.1, -0.05) is 53.5 Å². The lowest BCUT2D eigenvalue weighted by molar-refractivity contribution is -0.147. The van der Waals surface area contributed by atoms with Crippen LogP contribution >= 0.6 is 23.2 Å². The van der Waals surface area contributed by atoms with E-state index < -0.39 is 42.1 Å². The van der Waals surface area contributed by atoms with E-state index in [4.69, 9.17) is 37.8 Å². The van der Waals surface area contributed by atoms with Gasteiger partial charge in [-0.2, -0.15) is 0 Å². The minimum Gasteiger partial charge on any atom is -0.481 e. The molecule has 1 atom stereocenters. The Balaban J connectivity index is 2.49. The number of aliphatic carboxylic acids is 1. The van der Waals surface area contributed by atoms with Crippen LogP contribution in [0, 0.1) is 0 Å². The van der Waals surface area contributed by atoms with Gasteiger partial charge in [0, 0.05) is 0 Å². The SMILES string of the molecule is O=C(O)CC(CC(=O)OC(Cl)Cl)OC(=O)OCc1ccccc1. The molecule has 1 aromatic carbocycles. The average molecular weight is 365 g/mol. The molecule has 0 radical (unpaired) electrons. The summed E-state index contributed by atoms with van der Waals surface area (Å²) >= 11 is 10.5. The van der Waals surface area contributed by atoms with Crippen LogP contribution in [0.25, 0.3) is 0 Å². The Morgan fingerprint density at radius 1 is 1.04 bits per heavy atom. The van der Waals surface area contributed by atoms with E-state index in [9.17, 15) is 14.4 Å². The Morgan fingerprint density at radius 2 is 1.70 bits per heavy atom. The first-order chi connectivity index (χ1) is 10.9. The van der Waals surface area contributed by atoms with Crippen molar-refractivity contribution in [2.24, 2.45) is 0 Å². The predicted molar refractivity (Wildman–Crippen MR) is 80.0 cm³/mol. The van der Waals surface area contributed by atoms with Gasteiger partial charge in [0.2, 0.25) is 0 Å². The highest BCUT2D eigenvalue weighted by molar-refractivity contribution is 6.43. The summed E-state index contributed by atoms with van der Waals surface area (Å²) in [4.78, 5) is 33.7. The van der Waals surface area contributed by atoms with Crippen LogP contribution in [0.4, 0.5) is 4.79 Å². The number of carboxylic acids is 1. The lowest BCUT2D eigenvalue weighted by Crippen LogP contribution is -2.26. The van der Waals surface area contributed by atoms with Gasteiger partial charge in [0.25, 0.3) is 5.02 Å². The third kappa shape index (κ3) is 8.90. The van der Waals surface area contributed by atoms with Crippen molar-refractivity contribution in [3.8, 4) is 0 Å². The second-order valence-corrected chi connectivity index (χ2v) is 5.33. The van der Waals surface area contributed by atoms with Gasteiger partial charge in [-0.05, 0) is 5.56 Å². The standard InChI is InChI=1S/C14H14Cl2O7/c15-13(16)23-12(19)7-10(6-11(17)18)22-14(20)21-8-9-4-2-1-3-5-9/h1-5,10,13H,6-8H2,(H,17,18). The monoisotopic (exact) mass is 364 g/mol. The molecule has 7 nitrogen and oxygen atoms in total. The van der Waals surface area contributed by atoms with Crippen molar-refractivity contribution in [3.05, 3.63) is 35.9 Å². The van der Waals surface area contributed by atoms with Crippen molar-refractivity contribution in [3.63, 3.8) is 0 Å². The topological polar surface area (TPSA) is 99.1 Å². The minimum atomic E-state index is -1.39. The van der Waals surface area contributed by atoms with Gasteiger partial charge >= 0.3 is 18.1 Å². The van der Waals surface area contributed by atoms with Gasteiger partial charge < -0.3 is 19.3 Å². The highest BCUT2D eigenvalue weighted by Gasteiger charge is 2.24. The van der Waals surface area contributed by atoms with E-state index in [0.29, 0.717) is 0 Å². The van der Waals surface area contributed by atoms with Gasteiger partial charge in [0.1, 0.15) is 12.7 Å². The van der Waals surface area contributed by atoms with Crippen molar-refractivity contribution in [2.75, 3.05) is 0 Å². The molecule has 23 heavy (non-hydrogen) atoms. The average Bonchev–Trinajstić information content (AvgIpc) is 2.44. The zero-order valence-corrected chi connectivity index (χ0v) is 13.3. The fraction of sp³-hybridized carbons (Fsp3) is 0.357. The van der Waals surface area contributed by atoms with Crippen LogP contribution in [0.5, 0.6) is 0 Å². The summed E-state index contributed by atoms with van der Waals surface area (Å²) in [7, 11) is 0. The molecule has 0 bridgehead atoms. The molecule has 0 aliphatic rings. The Kier molecular flexibility index (Phi) is 8.21. The van der Waals surface area contributed by atoms with E-state index in [1.165, 1.54) is 0 Å². The molecule has 0 spiro atoms. The number of carbonyl (C=O) groups excluding carboxylic acids is 2. The molecule has 1 rings (SSSR count). The molecule has 1 N–H and O–H groups in total. The number of carbonyl (C=O) groups is 3. The summed E-state index contributed by atoms with van der Waals surface area (Å²) in [5.41, 5.74) is 0.728. The highest BCUT2D eigenvalue weighted by Crippen LogP contribution is 2.12. The Morgan fingerprint density at radius 3 is 2.26 bits per heavy atom. The number of hydrogen-bond donors (Lipinski definition) is 1. The number of esters is 1. The molecular formula is C14H14Cl2O7. The minimum absolute atomic E-state index is 0.0463. The molecule has 0 aliphatic heterocycles. The summed E-state index contributed by atoms with van der Waals surface area (Å²) in [6.45, 7) is -0.0463. The lowest BCUT2D eigenvalue weighted by Gasteiger charge is -2.15. The van der Waals surface area contributed by atoms with Crippen LogP contribution in [0.15, 0.2) is 30.3 Å². The number of hydrogen-bond acceptors (Lipinski definition) is 6. The number of halogens is 2. The van der Waals surface area contributed by atoms with Crippen molar-refractivity contribution in [1.82, 2.24) is 0 Å². The van der Waals surface area contributed by atoms with Crippen LogP contribution in [-0.2, 0) is 30.4 Å². The molecule has 126 valence electrons. The van der Waals surface area contributed by atoms with Crippen molar-refractivity contribution in [1.29, 1.82) is 0 Å². The largest absolute Gasteiger partial charge is 0.508 e. The van der Waals surface area contributed by atoms with Gasteiger partial charge in [-0.3, -0.25) is 9.59 Å². The molecule has 0 saturated heterocycles. The first-order valence-corrected chi connectivity index (χ1v) is 7.31. The van der Waals surface area contributed by atoms with Gasteiger partial charge in [-0.15, -0.1) is 0 Å². The molecule has 1 aromatic rings. The van der Waals surface area contributed by atoms with Gasteiger partial charge in [-0.25, -0.2) is 4.79 Å². The van der Waals surface area contributed by atoms with Crippen LogP contribution in [0.1, 0.15) is 18.4 Å². The number of carboxylic acid groups (broad SMARTS) is 1. The second kappa shape index (κ2) is 9.91. The van der Waals surface area contributed by atoms with Crippen LogP contribution in [0.3, 0.4) is 0 Å². The smallest absolute Gasteiger partial charge is 0.481 e. The van der Waals surface area contributed by atoms with Crippen LogP contribution in [0.2, 0.25) is 0 Å². The number of rotatable bonds is 8. The fourth-order valence-electron chi connectivity index (χ4n) is 1.57. The normalized spacial score (nSPS) is 11.6. The number of benzene rings is 1. The Bertz CT molecular complexity index is 533. The molecule has 0 fully saturated rings. The highest BCUT2D eigenvalue weighted by atomic mass is 35.5. The predicted octanol–water partition coefficient (Wildman–Crippen LogP) is 2.88. The molecule has 0 aliphatic carbocycles. The maximum Gasteiger partial charge on any atom is 0.508 e. The zero-order chi connectivity index (χ0) is 17.2. The number of ether oxygens (including phenoxy) is 3. The Labute approximate surface area is 142 Å². The lowest BCUT2D eigenvalue weighted by atomic mass is 10.2. The fourth-order valence-corrected chi connectivity index (χ4v) is 1.77. The van der Waals surface area contributed by atoms with E-state index >= 15 is 0 Å². The van der Waals surface area contributed by atoms with E-state index in [-0.39, 0.29) is 6.61 Å². The zero-order valence-electron chi connectivity index (χ0n) is 11.8. The maximum absolute atomic E-state index is 11.6. The van der Waals surface area contributed by atoms with E-state index in [1.54, 1.807) is 30.3 Å². The molecule has 0 amide bonds. The third-order valence-electron chi connectivity index (χ3n) is 2.48. The van der Waals surface area contributed by atoms with Crippen LogP contribution in [-0.4, -0.2) is 34.3 Å². The molecule has 0 saturated carbocycles. The quantitative estimate of drug-likeness (QED) is 0.559. The van der Waals surface area contributed by atoms with Crippen molar-refractivity contribution < 1.29 is 33.7 Å². The van der Waals surface area contributed by atoms with E-state index in [0.717, 1.165) is 5.56 Å². The number of alkyl halides is 2. The van der Waals surface area contributed by atoms with E-state index in [2.05, 4.69) is 4.74 Å². The second-order valence-electron chi connectivity index (χ2n) is 4.32. The van der Waals surface area contributed by atoms with Gasteiger partial charge in [0.15, 0.2) is 0 Å².